The normalized spacial score (nSPS) is 30.5. The van der Waals surface area contributed by atoms with E-state index in [2.05, 4.69) is 7.05 Å². The molecule has 1 aromatic rings. The van der Waals surface area contributed by atoms with Gasteiger partial charge in [-0.25, -0.2) is 4.39 Å². The van der Waals surface area contributed by atoms with Gasteiger partial charge in [0.05, 0.1) is 0 Å². The molecule has 1 aromatic carbocycles. The Labute approximate surface area is 101 Å². The van der Waals surface area contributed by atoms with Crippen LogP contribution in [0.4, 0.5) is 4.39 Å². The van der Waals surface area contributed by atoms with Crippen LogP contribution in [0.1, 0.15) is 12.0 Å². The van der Waals surface area contributed by atoms with Crippen molar-refractivity contribution in [3.63, 3.8) is 0 Å². The summed E-state index contributed by atoms with van der Waals surface area (Å²) in [7, 11) is 5.42. The summed E-state index contributed by atoms with van der Waals surface area (Å²) in [4.78, 5) is 1.87. The van der Waals surface area contributed by atoms with Crippen LogP contribution in [0, 0.1) is 12.9 Å². The minimum Gasteiger partial charge on any atom is -0.457 e. The van der Waals surface area contributed by atoms with Crippen molar-refractivity contribution >= 4 is 0 Å². The minimum absolute atomic E-state index is 0.305. The zero-order chi connectivity index (χ0) is 12.5. The molecule has 2 rings (SSSR count). The molecule has 0 aliphatic carbocycles. The molecular weight excluding hydrogens is 221 g/mol. The smallest absolute Gasteiger partial charge is 0.123 e. The molecule has 3 nitrogen and oxygen atoms in total. The third kappa shape index (κ3) is 2.34. The van der Waals surface area contributed by atoms with Crippen LogP contribution < -0.4 is 0 Å². The van der Waals surface area contributed by atoms with Gasteiger partial charge in [-0.3, -0.25) is 7.05 Å². The van der Waals surface area contributed by atoms with Crippen molar-refractivity contribution in [2.24, 2.45) is 0 Å². The van der Waals surface area contributed by atoms with E-state index in [-0.39, 0.29) is 11.9 Å². The van der Waals surface area contributed by atoms with Crippen LogP contribution in [-0.2, 0) is 10.3 Å². The second kappa shape index (κ2) is 4.72. The molecule has 94 valence electrons. The lowest BCUT2D eigenvalue weighted by Gasteiger charge is -2.46. The maximum atomic E-state index is 12.9. The summed E-state index contributed by atoms with van der Waals surface area (Å²) >= 11 is 0. The Morgan fingerprint density at radius 3 is 2.71 bits per heavy atom. The number of halogens is 1. The first kappa shape index (κ1) is 12.5. The number of ether oxygens (including phenoxy) is 1. The molecular formula is C13H17FNO2-. The summed E-state index contributed by atoms with van der Waals surface area (Å²) in [5.41, 5.74) is -0.366. The highest BCUT2D eigenvalue weighted by Gasteiger charge is 2.41. The zero-order valence-corrected chi connectivity index (χ0v) is 9.90. The van der Waals surface area contributed by atoms with Crippen LogP contribution in [-0.4, -0.2) is 36.3 Å². The Hall–Kier alpha value is -0.970. The SMILES string of the molecule is [CH2-]N1CC[C@](O)(c2ccc(F)cc2)[C@@H](OC)C1. The van der Waals surface area contributed by atoms with E-state index in [1.807, 2.05) is 4.90 Å². The van der Waals surface area contributed by atoms with Crippen molar-refractivity contribution in [3.05, 3.63) is 42.7 Å². The Morgan fingerprint density at radius 1 is 1.47 bits per heavy atom. The number of rotatable bonds is 2. The lowest BCUT2D eigenvalue weighted by Crippen LogP contribution is -2.52. The standard InChI is InChI=1S/C13H17FNO2/c1-15-8-7-13(16,12(9-15)17-2)10-3-5-11(14)6-4-10/h3-6,12,16H,1,7-9H2,2H3/q-1/t12-,13-/m0/s1. The van der Waals surface area contributed by atoms with Gasteiger partial charge in [0, 0.05) is 7.11 Å². The molecule has 0 aromatic heterocycles. The molecule has 0 radical (unpaired) electrons. The zero-order valence-electron chi connectivity index (χ0n) is 9.90. The molecule has 0 unspecified atom stereocenters. The topological polar surface area (TPSA) is 32.7 Å². The Kier molecular flexibility index (Phi) is 3.47. The number of likely N-dealkylation sites (tertiary alicyclic amines) is 1. The fraction of sp³-hybridized carbons (Fsp3) is 0.462. The van der Waals surface area contributed by atoms with Crippen LogP contribution in [0.5, 0.6) is 0 Å². The first-order valence-corrected chi connectivity index (χ1v) is 5.63. The summed E-state index contributed by atoms with van der Waals surface area (Å²) in [6.45, 7) is 1.25. The number of benzene rings is 1. The van der Waals surface area contributed by atoms with Gasteiger partial charge >= 0.3 is 0 Å². The van der Waals surface area contributed by atoms with Crippen molar-refractivity contribution in [3.8, 4) is 0 Å². The molecule has 0 amide bonds. The molecule has 17 heavy (non-hydrogen) atoms. The predicted octanol–water partition coefficient (Wildman–Crippen LogP) is 1.53. The Bertz CT molecular complexity index is 382. The molecule has 0 spiro atoms. The van der Waals surface area contributed by atoms with Gasteiger partial charge < -0.3 is 14.7 Å². The number of methoxy groups -OCH3 is 1. The number of hydrogen-bond acceptors (Lipinski definition) is 3. The van der Waals surface area contributed by atoms with Crippen molar-refractivity contribution in [2.45, 2.75) is 18.1 Å². The molecule has 4 heteroatoms. The van der Waals surface area contributed by atoms with Gasteiger partial charge in [0.1, 0.15) is 17.5 Å². The summed E-state index contributed by atoms with van der Waals surface area (Å²) in [5.74, 6) is -0.305. The predicted molar refractivity (Wildman–Crippen MR) is 62.6 cm³/mol. The van der Waals surface area contributed by atoms with E-state index in [4.69, 9.17) is 4.74 Å². The molecule has 0 saturated carbocycles. The van der Waals surface area contributed by atoms with Gasteiger partial charge in [-0.2, -0.15) is 0 Å². The largest absolute Gasteiger partial charge is 0.457 e. The molecule has 1 saturated heterocycles. The average Bonchev–Trinajstić information content (AvgIpc) is 2.33. The van der Waals surface area contributed by atoms with Crippen molar-refractivity contribution in [1.29, 1.82) is 0 Å². The van der Waals surface area contributed by atoms with E-state index in [9.17, 15) is 9.50 Å². The van der Waals surface area contributed by atoms with Gasteiger partial charge in [0.25, 0.3) is 0 Å². The highest BCUT2D eigenvalue weighted by molar-refractivity contribution is 5.25. The number of nitrogens with zero attached hydrogens (tertiary/aromatic N) is 1. The number of piperidine rings is 1. The van der Waals surface area contributed by atoms with Crippen LogP contribution in [0.3, 0.4) is 0 Å². The molecule has 1 heterocycles. The molecule has 1 aliphatic rings. The van der Waals surface area contributed by atoms with Gasteiger partial charge in [0.2, 0.25) is 0 Å². The Morgan fingerprint density at radius 2 is 2.12 bits per heavy atom. The molecule has 1 aliphatic heterocycles. The van der Waals surface area contributed by atoms with E-state index in [0.29, 0.717) is 25.1 Å². The highest BCUT2D eigenvalue weighted by atomic mass is 19.1. The van der Waals surface area contributed by atoms with Gasteiger partial charge in [-0.05, 0) is 37.2 Å². The van der Waals surface area contributed by atoms with Crippen LogP contribution in [0.25, 0.3) is 0 Å². The van der Waals surface area contributed by atoms with E-state index >= 15 is 0 Å². The third-order valence-electron chi connectivity index (χ3n) is 3.39. The monoisotopic (exact) mass is 238 g/mol. The third-order valence-corrected chi connectivity index (χ3v) is 3.39. The first-order chi connectivity index (χ1) is 8.06. The summed E-state index contributed by atoms with van der Waals surface area (Å²) in [6.07, 6.45) is 0.180. The lowest BCUT2D eigenvalue weighted by atomic mass is 9.82. The molecule has 1 fully saturated rings. The van der Waals surface area contributed by atoms with Crippen molar-refractivity contribution in [2.75, 3.05) is 20.2 Å². The summed E-state index contributed by atoms with van der Waals surface area (Å²) in [6, 6.07) is 5.94. The molecule has 1 N–H and O–H groups in total. The highest BCUT2D eigenvalue weighted by Crippen LogP contribution is 2.34. The second-order valence-corrected chi connectivity index (χ2v) is 4.48. The number of hydrogen-bond donors (Lipinski definition) is 1. The molecule has 2 atom stereocenters. The number of aliphatic hydroxyl groups is 1. The van der Waals surface area contributed by atoms with Gasteiger partial charge in [-0.15, -0.1) is 0 Å². The van der Waals surface area contributed by atoms with E-state index < -0.39 is 5.60 Å². The van der Waals surface area contributed by atoms with E-state index in [0.717, 1.165) is 0 Å². The minimum atomic E-state index is -1.06. The quantitative estimate of drug-likeness (QED) is 0.793. The maximum Gasteiger partial charge on any atom is 0.123 e. The average molecular weight is 238 g/mol. The Balaban J connectivity index is 2.30. The summed E-state index contributed by atoms with van der Waals surface area (Å²) in [5, 5.41) is 10.7. The van der Waals surface area contributed by atoms with Gasteiger partial charge in [0.15, 0.2) is 0 Å². The van der Waals surface area contributed by atoms with Crippen molar-refractivity contribution < 1.29 is 14.2 Å². The molecule has 0 bridgehead atoms. The van der Waals surface area contributed by atoms with Crippen LogP contribution >= 0.6 is 0 Å². The van der Waals surface area contributed by atoms with Crippen LogP contribution in [0.2, 0.25) is 0 Å². The van der Waals surface area contributed by atoms with Crippen molar-refractivity contribution in [1.82, 2.24) is 4.90 Å². The second-order valence-electron chi connectivity index (χ2n) is 4.48. The lowest BCUT2D eigenvalue weighted by molar-refractivity contribution is -0.133. The van der Waals surface area contributed by atoms with E-state index in [1.165, 1.54) is 12.1 Å². The van der Waals surface area contributed by atoms with E-state index in [1.54, 1.807) is 19.2 Å². The summed E-state index contributed by atoms with van der Waals surface area (Å²) < 4.78 is 18.2. The first-order valence-electron chi connectivity index (χ1n) is 5.63. The maximum absolute atomic E-state index is 12.9. The fourth-order valence-electron chi connectivity index (χ4n) is 2.30. The fourth-order valence-corrected chi connectivity index (χ4v) is 2.30. The van der Waals surface area contributed by atoms with Gasteiger partial charge in [-0.1, -0.05) is 12.1 Å². The van der Waals surface area contributed by atoms with Crippen LogP contribution in [0.15, 0.2) is 24.3 Å².